The zero-order valence-electron chi connectivity index (χ0n) is 36.0. The molecule has 0 N–H and O–H groups in total. The molecule has 0 atom stereocenters. The van der Waals surface area contributed by atoms with Crippen molar-refractivity contribution in [2.24, 2.45) is 0 Å². The van der Waals surface area contributed by atoms with Crippen LogP contribution in [-0.4, -0.2) is 19.9 Å². The van der Waals surface area contributed by atoms with Gasteiger partial charge in [0.2, 0.25) is 5.95 Å². The van der Waals surface area contributed by atoms with Crippen LogP contribution in [0.2, 0.25) is 0 Å². The summed E-state index contributed by atoms with van der Waals surface area (Å²) in [6.45, 7) is 13.2. The molecule has 9 rings (SSSR count). The highest BCUT2D eigenvalue weighted by atomic mass is 15.3. The van der Waals surface area contributed by atoms with E-state index in [1.807, 2.05) is 83.8 Å². The average Bonchev–Trinajstić information content (AvgIpc) is 3.29. The Hall–Kier alpha value is -7.70. The van der Waals surface area contributed by atoms with Crippen LogP contribution in [0.5, 0.6) is 0 Å². The summed E-state index contributed by atoms with van der Waals surface area (Å²) in [5, 5.41) is 0. The third-order valence-electron chi connectivity index (χ3n) is 11.2. The first-order valence-corrected chi connectivity index (χ1v) is 21.1. The van der Waals surface area contributed by atoms with Crippen molar-refractivity contribution >= 4 is 34.5 Å². The van der Waals surface area contributed by atoms with Crippen LogP contribution in [0, 0.1) is 41.5 Å². The number of hydrogen-bond acceptors (Lipinski definition) is 6. The molecule has 0 unspecified atom stereocenters. The summed E-state index contributed by atoms with van der Waals surface area (Å²) < 4.78 is 0. The third-order valence-corrected chi connectivity index (χ3v) is 11.2. The number of aromatic nitrogens is 4. The molecule has 0 radical (unpaired) electrons. The lowest BCUT2D eigenvalue weighted by molar-refractivity contribution is 1.01. The lowest BCUT2D eigenvalue weighted by Gasteiger charge is -2.32. The van der Waals surface area contributed by atoms with Gasteiger partial charge in [0.25, 0.3) is 0 Å². The Kier molecular flexibility index (Phi) is 11.0. The summed E-state index contributed by atoms with van der Waals surface area (Å²) in [6.07, 6.45) is 0. The first kappa shape index (κ1) is 39.7. The molecule has 0 amide bonds. The molecule has 9 aromatic rings. The number of nitrogens with zero attached hydrogens (tertiary/aromatic N) is 6. The van der Waals surface area contributed by atoms with Gasteiger partial charge in [-0.15, -0.1) is 0 Å². The zero-order valence-corrected chi connectivity index (χ0v) is 36.0. The van der Waals surface area contributed by atoms with E-state index in [0.717, 1.165) is 44.9 Å². The van der Waals surface area contributed by atoms with Crippen molar-refractivity contribution in [3.05, 3.63) is 215 Å². The molecule has 0 bridgehead atoms. The van der Waals surface area contributed by atoms with Crippen LogP contribution in [0.4, 0.5) is 34.5 Å². The molecule has 0 aliphatic heterocycles. The van der Waals surface area contributed by atoms with E-state index in [0.29, 0.717) is 23.4 Å². The van der Waals surface area contributed by atoms with E-state index in [9.17, 15) is 0 Å². The van der Waals surface area contributed by atoms with Gasteiger partial charge in [-0.05, 0) is 111 Å². The highest BCUT2D eigenvalue weighted by Gasteiger charge is 2.25. The molecule has 0 aliphatic carbocycles. The Morgan fingerprint density at radius 1 is 0.339 bits per heavy atom. The Labute approximate surface area is 364 Å². The van der Waals surface area contributed by atoms with E-state index >= 15 is 0 Å². The monoisotopic (exact) mass is 804 g/mol. The molecule has 0 saturated heterocycles. The van der Waals surface area contributed by atoms with Crippen LogP contribution >= 0.6 is 0 Å². The fraction of sp³-hybridized carbons (Fsp3) is 0.107. The molecule has 0 saturated carbocycles. The molecule has 2 heterocycles. The number of rotatable bonds is 10. The Bertz CT molecular complexity index is 2910. The van der Waals surface area contributed by atoms with Crippen LogP contribution < -0.4 is 9.80 Å². The van der Waals surface area contributed by atoms with Crippen molar-refractivity contribution < 1.29 is 0 Å². The molecule has 2 aromatic heterocycles. The summed E-state index contributed by atoms with van der Waals surface area (Å²) in [5.41, 5.74) is 17.4. The molecular weight excluding hydrogens is 757 g/mol. The summed E-state index contributed by atoms with van der Waals surface area (Å²) >= 11 is 0. The Morgan fingerprint density at radius 2 is 0.790 bits per heavy atom. The smallest absolute Gasteiger partial charge is 0.239 e. The quantitative estimate of drug-likeness (QED) is 0.137. The number of pyridine rings is 1. The fourth-order valence-corrected chi connectivity index (χ4v) is 8.69. The minimum absolute atomic E-state index is 0.453. The predicted molar refractivity (Wildman–Crippen MR) is 257 cm³/mol. The molecule has 62 heavy (non-hydrogen) atoms. The fourth-order valence-electron chi connectivity index (χ4n) is 8.69. The predicted octanol–water partition coefficient (Wildman–Crippen LogP) is 14.7. The second-order valence-electron chi connectivity index (χ2n) is 16.0. The average molecular weight is 805 g/mol. The lowest BCUT2D eigenvalue weighted by atomic mass is 9.98. The van der Waals surface area contributed by atoms with E-state index in [1.54, 1.807) is 0 Å². The van der Waals surface area contributed by atoms with E-state index in [4.69, 9.17) is 19.9 Å². The second-order valence-corrected chi connectivity index (χ2v) is 16.0. The summed E-state index contributed by atoms with van der Waals surface area (Å²) in [7, 11) is 0. The SMILES string of the molecule is Cc1cc(C)c(N(c2ccc(N(c3cccc(-c4ccccc4)n3)c3nc(-c4ccccc4)nc(-c4ccccc4-c4ccccc4)n3)cc2)c2c(C)cc(C)cc2C)c(C)c1. The third kappa shape index (κ3) is 7.98. The molecule has 302 valence electrons. The number of benzene rings is 7. The van der Waals surface area contributed by atoms with Crippen LogP contribution in [0.1, 0.15) is 33.4 Å². The normalized spacial score (nSPS) is 11.1. The van der Waals surface area contributed by atoms with Gasteiger partial charge in [0, 0.05) is 22.4 Å². The Morgan fingerprint density at radius 3 is 1.34 bits per heavy atom. The molecule has 6 heteroatoms. The maximum Gasteiger partial charge on any atom is 0.239 e. The van der Waals surface area contributed by atoms with Gasteiger partial charge in [0.15, 0.2) is 11.6 Å². The largest absolute Gasteiger partial charge is 0.309 e. The van der Waals surface area contributed by atoms with E-state index in [2.05, 4.69) is 150 Å². The van der Waals surface area contributed by atoms with Gasteiger partial charge in [-0.3, -0.25) is 4.90 Å². The van der Waals surface area contributed by atoms with Crippen LogP contribution in [-0.2, 0) is 0 Å². The first-order valence-electron chi connectivity index (χ1n) is 21.1. The van der Waals surface area contributed by atoms with E-state index in [1.165, 1.54) is 44.8 Å². The van der Waals surface area contributed by atoms with Gasteiger partial charge in [-0.1, -0.05) is 157 Å². The van der Waals surface area contributed by atoms with Crippen LogP contribution in [0.3, 0.4) is 0 Å². The molecule has 7 aromatic carbocycles. The number of anilines is 6. The van der Waals surface area contributed by atoms with Gasteiger partial charge in [0.05, 0.1) is 22.8 Å². The summed E-state index contributed by atoms with van der Waals surface area (Å²) in [6, 6.07) is 63.0. The number of aryl methyl sites for hydroxylation is 6. The topological polar surface area (TPSA) is 58.0 Å². The highest BCUT2D eigenvalue weighted by molar-refractivity contribution is 5.86. The van der Waals surface area contributed by atoms with Crippen LogP contribution in [0.25, 0.3) is 45.2 Å². The maximum atomic E-state index is 5.34. The maximum absolute atomic E-state index is 5.34. The van der Waals surface area contributed by atoms with Crippen molar-refractivity contribution in [1.82, 2.24) is 19.9 Å². The molecule has 0 spiro atoms. The van der Waals surface area contributed by atoms with Gasteiger partial charge in [0.1, 0.15) is 5.82 Å². The molecule has 0 fully saturated rings. The second kappa shape index (κ2) is 17.1. The van der Waals surface area contributed by atoms with Crippen molar-refractivity contribution in [2.45, 2.75) is 41.5 Å². The van der Waals surface area contributed by atoms with Crippen molar-refractivity contribution in [1.29, 1.82) is 0 Å². The summed E-state index contributed by atoms with van der Waals surface area (Å²) in [4.78, 5) is 25.5. The highest BCUT2D eigenvalue weighted by Crippen LogP contribution is 2.44. The standard InChI is InChI=1S/C56H48N6/c1-37-33-39(3)52(40(4)34-37)62(53-41(5)35-38(2)36-42(53)6)47-31-29-46(30-32-47)61(51-28-18-27-50(57-51)44-21-12-8-13-22-44)56-59-54(45-23-14-9-15-24-45)58-55(60-56)49-26-17-16-25-48(49)43-19-10-7-11-20-43/h7-36H,1-6H3. The van der Waals surface area contributed by atoms with Crippen molar-refractivity contribution in [2.75, 3.05) is 9.80 Å². The van der Waals surface area contributed by atoms with E-state index in [-0.39, 0.29) is 0 Å². The molecule has 6 nitrogen and oxygen atoms in total. The molecule has 0 aliphatic rings. The number of hydrogen-bond donors (Lipinski definition) is 0. The van der Waals surface area contributed by atoms with Crippen molar-refractivity contribution in [3.63, 3.8) is 0 Å². The van der Waals surface area contributed by atoms with Crippen LogP contribution in [0.15, 0.2) is 182 Å². The van der Waals surface area contributed by atoms with Gasteiger partial charge in [-0.2, -0.15) is 9.97 Å². The van der Waals surface area contributed by atoms with Gasteiger partial charge in [-0.25, -0.2) is 9.97 Å². The lowest BCUT2D eigenvalue weighted by Crippen LogP contribution is -2.18. The molecular formula is C56H48N6. The van der Waals surface area contributed by atoms with E-state index < -0.39 is 0 Å². The Balaban J connectivity index is 1.26. The summed E-state index contributed by atoms with van der Waals surface area (Å²) in [5.74, 6) is 2.26. The van der Waals surface area contributed by atoms with Gasteiger partial charge < -0.3 is 4.90 Å². The van der Waals surface area contributed by atoms with Crippen molar-refractivity contribution in [3.8, 4) is 45.2 Å². The minimum Gasteiger partial charge on any atom is -0.309 e. The zero-order chi connectivity index (χ0) is 42.7. The minimum atomic E-state index is 0.453. The van der Waals surface area contributed by atoms with Gasteiger partial charge >= 0.3 is 0 Å². The first-order chi connectivity index (χ1) is 30.2.